The van der Waals surface area contributed by atoms with Crippen LogP contribution in [0.15, 0.2) is 29.6 Å². The fraction of sp³-hybridized carbons (Fsp3) is 0.471. The van der Waals surface area contributed by atoms with Crippen LogP contribution in [0, 0.1) is 6.92 Å². The Morgan fingerprint density at radius 1 is 1.40 bits per heavy atom. The van der Waals surface area contributed by atoms with E-state index >= 15 is 0 Å². The lowest BCUT2D eigenvalue weighted by atomic mass is 9.90. The largest absolute Gasteiger partial charge is 0.313 e. The molecule has 3 heteroatoms. The maximum atomic E-state index is 4.64. The van der Waals surface area contributed by atoms with E-state index in [-0.39, 0.29) is 0 Å². The number of fused-ring (bicyclic) bond motifs is 1. The van der Waals surface area contributed by atoms with Gasteiger partial charge in [0, 0.05) is 23.8 Å². The van der Waals surface area contributed by atoms with E-state index in [0.717, 1.165) is 13.0 Å². The summed E-state index contributed by atoms with van der Waals surface area (Å²) in [6, 6.07) is 9.43. The van der Waals surface area contributed by atoms with Crippen LogP contribution in [0.1, 0.15) is 41.1 Å². The van der Waals surface area contributed by atoms with Gasteiger partial charge in [-0.25, -0.2) is 4.98 Å². The number of nitrogens with zero attached hydrogens (tertiary/aromatic N) is 1. The van der Waals surface area contributed by atoms with E-state index in [1.54, 1.807) is 16.9 Å². The summed E-state index contributed by atoms with van der Waals surface area (Å²) in [5.41, 5.74) is 4.32. The Bertz CT molecular complexity index is 576. The Morgan fingerprint density at radius 3 is 3.00 bits per heavy atom. The van der Waals surface area contributed by atoms with Gasteiger partial charge in [0.05, 0.1) is 10.7 Å². The molecule has 1 heterocycles. The van der Waals surface area contributed by atoms with Crippen LogP contribution in [0.2, 0.25) is 0 Å². The second-order valence-electron chi connectivity index (χ2n) is 5.57. The lowest BCUT2D eigenvalue weighted by Gasteiger charge is -2.24. The Labute approximate surface area is 125 Å². The summed E-state index contributed by atoms with van der Waals surface area (Å²) in [5, 5.41) is 7.07. The normalized spacial score (nSPS) is 19.0. The van der Waals surface area contributed by atoms with Gasteiger partial charge in [-0.05, 0) is 37.4 Å². The van der Waals surface area contributed by atoms with Crippen molar-refractivity contribution < 1.29 is 0 Å². The lowest BCUT2D eigenvalue weighted by Crippen LogP contribution is -2.36. The molecular formula is C17H22N2S. The van der Waals surface area contributed by atoms with Gasteiger partial charge in [-0.15, -0.1) is 11.3 Å². The zero-order chi connectivity index (χ0) is 13.9. The molecule has 1 aliphatic rings. The van der Waals surface area contributed by atoms with Crippen molar-refractivity contribution in [3.8, 4) is 0 Å². The monoisotopic (exact) mass is 286 g/mol. The number of thiazole rings is 1. The van der Waals surface area contributed by atoms with Crippen LogP contribution in [-0.2, 0) is 12.8 Å². The number of likely N-dealkylation sites (N-methyl/N-ethyl adjacent to an activating group) is 1. The minimum Gasteiger partial charge on any atom is -0.313 e. The predicted molar refractivity (Wildman–Crippen MR) is 85.5 cm³/mol. The highest BCUT2D eigenvalue weighted by atomic mass is 32.1. The van der Waals surface area contributed by atoms with E-state index in [1.807, 2.05) is 0 Å². The molecule has 0 aliphatic heterocycles. The number of hydrogen-bond donors (Lipinski definition) is 1. The molecule has 1 aromatic heterocycles. The molecule has 3 rings (SSSR count). The Kier molecular flexibility index (Phi) is 4.18. The van der Waals surface area contributed by atoms with Gasteiger partial charge in [0.15, 0.2) is 0 Å². The molecule has 2 aromatic rings. The SMILES string of the molecule is CCNC(Cc1csc(C)n1)C1CCc2ccccc21. The molecule has 2 atom stereocenters. The van der Waals surface area contributed by atoms with Gasteiger partial charge in [-0.1, -0.05) is 31.2 Å². The number of aryl methyl sites for hydroxylation is 2. The lowest BCUT2D eigenvalue weighted by molar-refractivity contribution is 0.432. The molecule has 0 radical (unpaired) electrons. The third-order valence-corrected chi connectivity index (χ3v) is 5.05. The van der Waals surface area contributed by atoms with Gasteiger partial charge in [-0.2, -0.15) is 0 Å². The first-order valence-corrected chi connectivity index (χ1v) is 8.38. The van der Waals surface area contributed by atoms with E-state index in [0.29, 0.717) is 12.0 Å². The van der Waals surface area contributed by atoms with Crippen molar-refractivity contribution in [3.05, 3.63) is 51.5 Å². The van der Waals surface area contributed by atoms with Crippen molar-refractivity contribution in [3.63, 3.8) is 0 Å². The third-order valence-electron chi connectivity index (χ3n) is 4.23. The highest BCUT2D eigenvalue weighted by molar-refractivity contribution is 7.09. The maximum absolute atomic E-state index is 4.64. The van der Waals surface area contributed by atoms with E-state index in [1.165, 1.54) is 29.1 Å². The van der Waals surface area contributed by atoms with Crippen LogP contribution in [0.5, 0.6) is 0 Å². The zero-order valence-electron chi connectivity index (χ0n) is 12.2. The minimum atomic E-state index is 0.505. The van der Waals surface area contributed by atoms with Gasteiger partial charge in [0.2, 0.25) is 0 Å². The van der Waals surface area contributed by atoms with Crippen LogP contribution < -0.4 is 5.32 Å². The van der Waals surface area contributed by atoms with Crippen LogP contribution in [0.3, 0.4) is 0 Å². The first-order chi connectivity index (χ1) is 9.78. The molecule has 0 saturated carbocycles. The predicted octanol–water partition coefficient (Wildman–Crippen LogP) is 3.70. The van der Waals surface area contributed by atoms with Crippen LogP contribution in [0.25, 0.3) is 0 Å². The highest BCUT2D eigenvalue weighted by Gasteiger charge is 2.29. The third kappa shape index (κ3) is 2.79. The van der Waals surface area contributed by atoms with Gasteiger partial charge >= 0.3 is 0 Å². The fourth-order valence-electron chi connectivity index (χ4n) is 3.35. The van der Waals surface area contributed by atoms with Crippen molar-refractivity contribution >= 4 is 11.3 Å². The smallest absolute Gasteiger partial charge is 0.0897 e. The number of rotatable bonds is 5. The van der Waals surface area contributed by atoms with E-state index < -0.39 is 0 Å². The summed E-state index contributed by atoms with van der Waals surface area (Å²) in [5.74, 6) is 0.633. The molecule has 106 valence electrons. The number of nitrogens with one attached hydrogen (secondary N) is 1. The van der Waals surface area contributed by atoms with Gasteiger partial charge in [0.1, 0.15) is 0 Å². The molecule has 20 heavy (non-hydrogen) atoms. The van der Waals surface area contributed by atoms with E-state index in [2.05, 4.69) is 53.8 Å². The van der Waals surface area contributed by atoms with E-state index in [9.17, 15) is 0 Å². The number of benzene rings is 1. The number of hydrogen-bond acceptors (Lipinski definition) is 3. The van der Waals surface area contributed by atoms with Crippen molar-refractivity contribution in [1.29, 1.82) is 0 Å². The zero-order valence-corrected chi connectivity index (χ0v) is 13.0. The summed E-state index contributed by atoms with van der Waals surface area (Å²) < 4.78 is 0. The molecule has 0 saturated heterocycles. The minimum absolute atomic E-state index is 0.505. The molecule has 0 amide bonds. The van der Waals surface area contributed by atoms with Crippen molar-refractivity contribution in [2.75, 3.05) is 6.54 Å². The topological polar surface area (TPSA) is 24.9 Å². The second-order valence-corrected chi connectivity index (χ2v) is 6.63. The number of aromatic nitrogens is 1. The standard InChI is InChI=1S/C17H22N2S/c1-3-18-17(10-14-11-20-12(2)19-14)16-9-8-13-6-4-5-7-15(13)16/h4-7,11,16-18H,3,8-10H2,1-2H3. The van der Waals surface area contributed by atoms with Crippen molar-refractivity contribution in [2.45, 2.75) is 45.1 Å². The van der Waals surface area contributed by atoms with E-state index in [4.69, 9.17) is 0 Å². The maximum Gasteiger partial charge on any atom is 0.0897 e. The van der Waals surface area contributed by atoms with Gasteiger partial charge in [0.25, 0.3) is 0 Å². The molecule has 2 unspecified atom stereocenters. The van der Waals surface area contributed by atoms with Gasteiger partial charge in [-0.3, -0.25) is 0 Å². The molecule has 1 N–H and O–H groups in total. The molecular weight excluding hydrogens is 264 g/mol. The molecule has 1 aromatic carbocycles. The average Bonchev–Trinajstić information content (AvgIpc) is 3.04. The van der Waals surface area contributed by atoms with Crippen molar-refractivity contribution in [1.82, 2.24) is 10.3 Å². The first-order valence-electron chi connectivity index (χ1n) is 7.50. The summed E-state index contributed by atoms with van der Waals surface area (Å²) in [6.45, 7) is 5.30. The van der Waals surface area contributed by atoms with Gasteiger partial charge < -0.3 is 5.32 Å². The summed E-state index contributed by atoms with van der Waals surface area (Å²) in [7, 11) is 0. The summed E-state index contributed by atoms with van der Waals surface area (Å²) in [4.78, 5) is 4.64. The quantitative estimate of drug-likeness (QED) is 0.906. The van der Waals surface area contributed by atoms with Crippen LogP contribution >= 0.6 is 11.3 Å². The Hall–Kier alpha value is -1.19. The fourth-order valence-corrected chi connectivity index (χ4v) is 3.98. The highest BCUT2D eigenvalue weighted by Crippen LogP contribution is 2.36. The Balaban J connectivity index is 1.81. The molecule has 2 nitrogen and oxygen atoms in total. The summed E-state index contributed by atoms with van der Waals surface area (Å²) >= 11 is 1.75. The molecule has 0 spiro atoms. The van der Waals surface area contributed by atoms with Crippen molar-refractivity contribution in [2.24, 2.45) is 0 Å². The average molecular weight is 286 g/mol. The molecule has 0 bridgehead atoms. The Morgan fingerprint density at radius 2 is 2.25 bits per heavy atom. The molecule has 1 aliphatic carbocycles. The summed E-state index contributed by atoms with van der Waals surface area (Å²) in [6.07, 6.45) is 3.52. The van der Waals surface area contributed by atoms with Crippen LogP contribution in [-0.4, -0.2) is 17.6 Å². The van der Waals surface area contributed by atoms with Crippen LogP contribution in [0.4, 0.5) is 0 Å². The first kappa shape index (κ1) is 13.8. The molecule has 0 fully saturated rings. The second kappa shape index (κ2) is 6.06.